The normalized spacial score (nSPS) is 11.3. The molecular formula is C6H6F2N2O2S. The van der Waals surface area contributed by atoms with Gasteiger partial charge < -0.3 is 10.5 Å². The number of carbonyl (C=O) groups is 1. The molecule has 1 aromatic heterocycles. The van der Waals surface area contributed by atoms with Gasteiger partial charge in [-0.2, -0.15) is 8.78 Å². The van der Waals surface area contributed by atoms with Gasteiger partial charge in [-0.15, -0.1) is 0 Å². The number of hydrogen-bond acceptors (Lipinski definition) is 4. The lowest BCUT2D eigenvalue weighted by atomic mass is 10.3. The Morgan fingerprint density at radius 1 is 1.77 bits per heavy atom. The lowest BCUT2D eigenvalue weighted by molar-refractivity contribution is 0.0130. The van der Waals surface area contributed by atoms with Crippen molar-refractivity contribution in [3.8, 4) is 5.19 Å². The van der Waals surface area contributed by atoms with Crippen LogP contribution >= 0.6 is 11.3 Å². The molecule has 0 spiro atoms. The molecule has 4 nitrogen and oxygen atoms in total. The number of thiazole rings is 1. The second-order valence-electron chi connectivity index (χ2n) is 2.31. The number of alkyl halides is 2. The van der Waals surface area contributed by atoms with Gasteiger partial charge in [0.2, 0.25) is 0 Å². The fourth-order valence-electron chi connectivity index (χ4n) is 0.592. The Bertz CT molecular complexity index is 321. The molecule has 0 unspecified atom stereocenters. The zero-order valence-corrected chi connectivity index (χ0v) is 7.40. The highest BCUT2D eigenvalue weighted by molar-refractivity contribution is 7.11. The standard InChI is InChI=1S/C6H6F2N2O2S/c1-6(7,8)3-2-13-5(10-3)12-4(9)11/h2H,1H3,(H2,9,11). The first-order chi connectivity index (χ1) is 5.89. The first-order valence-corrected chi connectivity index (χ1v) is 4.08. The van der Waals surface area contributed by atoms with Crippen molar-refractivity contribution in [3.63, 3.8) is 0 Å². The van der Waals surface area contributed by atoms with Crippen LogP contribution in [0.4, 0.5) is 13.6 Å². The van der Waals surface area contributed by atoms with Crippen molar-refractivity contribution in [2.45, 2.75) is 12.8 Å². The maximum absolute atomic E-state index is 12.6. The Labute approximate surface area is 76.3 Å². The first kappa shape index (κ1) is 9.85. The van der Waals surface area contributed by atoms with Gasteiger partial charge in [-0.05, 0) is 0 Å². The SMILES string of the molecule is CC(F)(F)c1csc(OC(N)=O)n1. The van der Waals surface area contributed by atoms with Crippen molar-refractivity contribution in [3.05, 3.63) is 11.1 Å². The molecule has 0 aliphatic heterocycles. The van der Waals surface area contributed by atoms with Crippen LogP contribution in [0.5, 0.6) is 5.19 Å². The Morgan fingerprint density at radius 3 is 2.77 bits per heavy atom. The highest BCUT2D eigenvalue weighted by atomic mass is 32.1. The molecule has 13 heavy (non-hydrogen) atoms. The number of amides is 1. The van der Waals surface area contributed by atoms with Crippen molar-refractivity contribution >= 4 is 17.4 Å². The van der Waals surface area contributed by atoms with Gasteiger partial charge in [-0.3, -0.25) is 0 Å². The molecule has 0 radical (unpaired) electrons. The summed E-state index contributed by atoms with van der Waals surface area (Å²) >= 11 is 0.791. The molecule has 0 aromatic carbocycles. The number of primary amides is 1. The second-order valence-corrected chi connectivity index (χ2v) is 3.13. The van der Waals surface area contributed by atoms with E-state index in [4.69, 9.17) is 0 Å². The Balaban J connectivity index is 2.81. The Hall–Kier alpha value is -1.24. The van der Waals surface area contributed by atoms with Crippen LogP contribution in [-0.2, 0) is 5.92 Å². The van der Waals surface area contributed by atoms with E-state index in [0.29, 0.717) is 6.92 Å². The summed E-state index contributed by atoms with van der Waals surface area (Å²) in [5, 5.41) is 0.933. The van der Waals surface area contributed by atoms with Crippen LogP contribution in [-0.4, -0.2) is 11.1 Å². The molecule has 1 amide bonds. The lowest BCUT2D eigenvalue weighted by Crippen LogP contribution is -2.16. The summed E-state index contributed by atoms with van der Waals surface area (Å²) in [5.41, 5.74) is 4.22. The summed E-state index contributed by atoms with van der Waals surface area (Å²) < 4.78 is 29.5. The Morgan fingerprint density at radius 2 is 2.38 bits per heavy atom. The second kappa shape index (κ2) is 3.25. The summed E-state index contributed by atoms with van der Waals surface area (Å²) in [4.78, 5) is 13.6. The number of carbonyl (C=O) groups excluding carboxylic acids is 1. The maximum atomic E-state index is 12.6. The largest absolute Gasteiger partial charge is 0.411 e. The molecule has 0 atom stereocenters. The van der Waals surface area contributed by atoms with Crippen molar-refractivity contribution in [1.29, 1.82) is 0 Å². The van der Waals surface area contributed by atoms with Gasteiger partial charge in [0.1, 0.15) is 5.69 Å². The van der Waals surface area contributed by atoms with Crippen LogP contribution in [0.1, 0.15) is 12.6 Å². The lowest BCUT2D eigenvalue weighted by Gasteiger charge is -2.04. The van der Waals surface area contributed by atoms with Crippen LogP contribution in [0.2, 0.25) is 0 Å². The molecule has 0 saturated carbocycles. The minimum atomic E-state index is -3.03. The van der Waals surface area contributed by atoms with Crippen LogP contribution < -0.4 is 10.5 Å². The molecule has 7 heteroatoms. The molecular weight excluding hydrogens is 202 g/mol. The molecule has 0 aliphatic carbocycles. The van der Waals surface area contributed by atoms with Gasteiger partial charge in [0, 0.05) is 12.3 Å². The number of rotatable bonds is 2. The minimum absolute atomic E-state index is 0.177. The number of nitrogens with two attached hydrogens (primary N) is 1. The molecule has 2 N–H and O–H groups in total. The van der Waals surface area contributed by atoms with E-state index in [0.717, 1.165) is 16.7 Å². The van der Waals surface area contributed by atoms with E-state index in [1.807, 2.05) is 0 Å². The molecule has 1 aromatic rings. The molecule has 0 aliphatic rings. The average Bonchev–Trinajstić information content (AvgIpc) is 2.32. The molecule has 1 heterocycles. The summed E-state index contributed by atoms with van der Waals surface area (Å²) in [6.45, 7) is 0.704. The number of nitrogens with zero attached hydrogens (tertiary/aromatic N) is 1. The summed E-state index contributed by atoms with van der Waals surface area (Å²) in [7, 11) is 0. The number of ether oxygens (including phenoxy) is 1. The van der Waals surface area contributed by atoms with Crippen molar-refractivity contribution in [1.82, 2.24) is 4.98 Å². The van der Waals surface area contributed by atoms with Gasteiger partial charge in [-0.1, -0.05) is 11.3 Å². The minimum Gasteiger partial charge on any atom is -0.381 e. The third kappa shape index (κ3) is 2.62. The molecule has 0 bridgehead atoms. The fourth-order valence-corrected chi connectivity index (χ4v) is 1.35. The summed E-state index contributed by atoms with van der Waals surface area (Å²) in [6, 6.07) is 0. The first-order valence-electron chi connectivity index (χ1n) is 3.20. The third-order valence-corrected chi connectivity index (χ3v) is 1.84. The van der Waals surface area contributed by atoms with Gasteiger partial charge in [0.05, 0.1) is 0 Å². The van der Waals surface area contributed by atoms with Gasteiger partial charge in [0.25, 0.3) is 11.1 Å². The highest BCUT2D eigenvalue weighted by Gasteiger charge is 2.28. The van der Waals surface area contributed by atoms with E-state index in [9.17, 15) is 13.6 Å². The average molecular weight is 208 g/mol. The van der Waals surface area contributed by atoms with Crippen molar-refractivity contribution < 1.29 is 18.3 Å². The Kier molecular flexibility index (Phi) is 2.46. The van der Waals surface area contributed by atoms with Crippen LogP contribution in [0, 0.1) is 0 Å². The summed E-state index contributed by atoms with van der Waals surface area (Å²) in [5.74, 6) is -3.03. The third-order valence-electron chi connectivity index (χ3n) is 1.12. The van der Waals surface area contributed by atoms with E-state index in [1.54, 1.807) is 0 Å². The quantitative estimate of drug-likeness (QED) is 0.804. The zero-order chi connectivity index (χ0) is 10.1. The van der Waals surface area contributed by atoms with Crippen LogP contribution in [0.3, 0.4) is 0 Å². The van der Waals surface area contributed by atoms with E-state index in [-0.39, 0.29) is 5.19 Å². The molecule has 0 fully saturated rings. The van der Waals surface area contributed by atoms with E-state index < -0.39 is 17.7 Å². The van der Waals surface area contributed by atoms with Crippen LogP contribution in [0.15, 0.2) is 5.38 Å². The zero-order valence-electron chi connectivity index (χ0n) is 6.58. The fraction of sp³-hybridized carbons (Fsp3) is 0.333. The van der Waals surface area contributed by atoms with E-state index in [1.165, 1.54) is 0 Å². The molecule has 1 rings (SSSR count). The van der Waals surface area contributed by atoms with Gasteiger partial charge in [0.15, 0.2) is 0 Å². The van der Waals surface area contributed by atoms with Gasteiger partial charge in [-0.25, -0.2) is 9.78 Å². The predicted molar refractivity (Wildman–Crippen MR) is 41.9 cm³/mol. The maximum Gasteiger partial charge on any atom is 0.411 e. The topological polar surface area (TPSA) is 65.2 Å². The smallest absolute Gasteiger partial charge is 0.381 e. The molecule has 72 valence electrons. The predicted octanol–water partition coefficient (Wildman–Crippen LogP) is 1.71. The van der Waals surface area contributed by atoms with Crippen molar-refractivity contribution in [2.75, 3.05) is 0 Å². The van der Waals surface area contributed by atoms with E-state index >= 15 is 0 Å². The monoisotopic (exact) mass is 208 g/mol. The number of halogens is 2. The van der Waals surface area contributed by atoms with Gasteiger partial charge >= 0.3 is 6.09 Å². The number of aromatic nitrogens is 1. The summed E-state index contributed by atoms with van der Waals surface area (Å²) in [6.07, 6.45) is -1.07. The van der Waals surface area contributed by atoms with E-state index in [2.05, 4.69) is 15.5 Å². The number of hydrogen-bond donors (Lipinski definition) is 1. The van der Waals surface area contributed by atoms with Crippen molar-refractivity contribution in [2.24, 2.45) is 5.73 Å². The highest BCUT2D eigenvalue weighted by Crippen LogP contribution is 2.30. The molecule has 0 saturated heterocycles. The van der Waals surface area contributed by atoms with Crippen LogP contribution in [0.25, 0.3) is 0 Å².